The fourth-order valence-corrected chi connectivity index (χ4v) is 3.55. The van der Waals surface area contributed by atoms with Crippen LogP contribution < -0.4 is 15.4 Å². The largest absolute Gasteiger partial charge is 0.484 e. The van der Waals surface area contributed by atoms with Gasteiger partial charge in [-0.05, 0) is 37.3 Å². The fraction of sp³-hybridized carbons (Fsp3) is 0.238. The van der Waals surface area contributed by atoms with Crippen LogP contribution in [-0.2, 0) is 18.4 Å². The van der Waals surface area contributed by atoms with Crippen molar-refractivity contribution in [1.82, 2.24) is 20.1 Å². The minimum absolute atomic E-state index is 0.142. The van der Waals surface area contributed by atoms with Crippen molar-refractivity contribution in [3.63, 3.8) is 0 Å². The summed E-state index contributed by atoms with van der Waals surface area (Å²) in [6.45, 7) is 2.59. The summed E-state index contributed by atoms with van der Waals surface area (Å²) in [5.41, 5.74) is 1.05. The first-order valence-electron chi connectivity index (χ1n) is 9.54. The lowest BCUT2D eigenvalue weighted by Gasteiger charge is -2.08. The highest BCUT2D eigenvalue weighted by Crippen LogP contribution is 2.24. The summed E-state index contributed by atoms with van der Waals surface area (Å²) in [7, 11) is 1.81. The van der Waals surface area contributed by atoms with Crippen molar-refractivity contribution in [3.8, 4) is 5.75 Å². The standard InChI is InChI=1S/C21H22ClN5O3S/c1-3-23-20(29)14-7-6-8-15(11-14)24-19(28)13-31-21-26-25-18(27(21)2)12-30-17-10-5-4-9-16(17)22/h4-11H,3,12-13H2,1-2H3,(H,23,29)(H,24,28). The summed E-state index contributed by atoms with van der Waals surface area (Å²) >= 11 is 7.35. The summed E-state index contributed by atoms with van der Waals surface area (Å²) in [4.78, 5) is 24.3. The molecule has 1 aromatic heterocycles. The number of hydrogen-bond donors (Lipinski definition) is 2. The van der Waals surface area contributed by atoms with Gasteiger partial charge in [0.15, 0.2) is 11.0 Å². The molecule has 2 aromatic carbocycles. The maximum atomic E-state index is 12.3. The Kier molecular flexibility index (Phi) is 7.91. The Morgan fingerprint density at radius 2 is 1.97 bits per heavy atom. The van der Waals surface area contributed by atoms with Crippen molar-refractivity contribution in [2.75, 3.05) is 17.6 Å². The van der Waals surface area contributed by atoms with Gasteiger partial charge in [-0.1, -0.05) is 41.6 Å². The predicted octanol–water partition coefficient (Wildman–Crippen LogP) is 3.53. The number of thioether (sulfide) groups is 1. The second kappa shape index (κ2) is 10.8. The summed E-state index contributed by atoms with van der Waals surface area (Å²) in [5, 5.41) is 14.9. The van der Waals surface area contributed by atoms with Crippen LogP contribution in [0.3, 0.4) is 0 Å². The van der Waals surface area contributed by atoms with E-state index in [1.807, 2.05) is 19.1 Å². The third-order valence-electron chi connectivity index (χ3n) is 4.20. The Labute approximate surface area is 189 Å². The van der Waals surface area contributed by atoms with E-state index in [1.54, 1.807) is 48.0 Å². The quantitative estimate of drug-likeness (QED) is 0.475. The number of carbonyl (C=O) groups excluding carboxylic acids is 2. The molecule has 0 spiro atoms. The highest BCUT2D eigenvalue weighted by atomic mass is 35.5. The smallest absolute Gasteiger partial charge is 0.251 e. The molecule has 1 heterocycles. The van der Waals surface area contributed by atoms with E-state index in [9.17, 15) is 9.59 Å². The van der Waals surface area contributed by atoms with E-state index in [0.717, 1.165) is 0 Å². The van der Waals surface area contributed by atoms with Crippen LogP contribution >= 0.6 is 23.4 Å². The fourth-order valence-electron chi connectivity index (χ4n) is 2.63. The molecule has 0 unspecified atom stereocenters. The lowest BCUT2D eigenvalue weighted by Crippen LogP contribution is -2.23. The number of ether oxygens (including phenoxy) is 1. The van der Waals surface area contributed by atoms with Gasteiger partial charge in [0.2, 0.25) is 5.91 Å². The number of aromatic nitrogens is 3. The monoisotopic (exact) mass is 459 g/mol. The first kappa shape index (κ1) is 22.6. The van der Waals surface area contributed by atoms with Gasteiger partial charge in [-0.15, -0.1) is 10.2 Å². The average Bonchev–Trinajstić information content (AvgIpc) is 3.11. The van der Waals surface area contributed by atoms with E-state index >= 15 is 0 Å². The number of nitrogens with zero attached hydrogens (tertiary/aromatic N) is 3. The third-order valence-corrected chi connectivity index (χ3v) is 5.53. The van der Waals surface area contributed by atoms with E-state index in [0.29, 0.717) is 39.5 Å². The molecule has 0 saturated carbocycles. The van der Waals surface area contributed by atoms with Crippen molar-refractivity contribution >= 4 is 40.9 Å². The first-order valence-corrected chi connectivity index (χ1v) is 10.9. The lowest BCUT2D eigenvalue weighted by molar-refractivity contribution is -0.113. The van der Waals surface area contributed by atoms with Gasteiger partial charge in [0, 0.05) is 24.8 Å². The molecule has 0 aliphatic rings. The van der Waals surface area contributed by atoms with Crippen LogP contribution in [0.2, 0.25) is 5.02 Å². The van der Waals surface area contributed by atoms with Gasteiger partial charge in [0.1, 0.15) is 12.4 Å². The second-order valence-corrected chi connectivity index (χ2v) is 7.80. The van der Waals surface area contributed by atoms with Crippen LogP contribution in [-0.4, -0.2) is 38.9 Å². The summed E-state index contributed by atoms with van der Waals surface area (Å²) in [5.74, 6) is 0.921. The highest BCUT2D eigenvalue weighted by molar-refractivity contribution is 7.99. The van der Waals surface area contributed by atoms with Gasteiger partial charge in [-0.25, -0.2) is 0 Å². The van der Waals surface area contributed by atoms with E-state index in [2.05, 4.69) is 20.8 Å². The second-order valence-electron chi connectivity index (χ2n) is 6.45. The zero-order valence-electron chi connectivity index (χ0n) is 17.1. The molecule has 8 nitrogen and oxygen atoms in total. The zero-order chi connectivity index (χ0) is 22.2. The summed E-state index contributed by atoms with van der Waals surface area (Å²) in [6, 6.07) is 14.0. The number of nitrogens with one attached hydrogen (secondary N) is 2. The number of hydrogen-bond acceptors (Lipinski definition) is 6. The Bertz CT molecular complexity index is 1070. The number of anilines is 1. The number of benzene rings is 2. The van der Waals surface area contributed by atoms with E-state index in [4.69, 9.17) is 16.3 Å². The number of carbonyl (C=O) groups is 2. The number of rotatable bonds is 9. The molecule has 0 radical (unpaired) electrons. The molecular weight excluding hydrogens is 438 g/mol. The molecule has 3 rings (SSSR count). The molecule has 0 fully saturated rings. The van der Waals surface area contributed by atoms with Crippen LogP contribution in [0.25, 0.3) is 0 Å². The molecular formula is C21H22ClN5O3S. The zero-order valence-corrected chi connectivity index (χ0v) is 18.7. The predicted molar refractivity (Wildman–Crippen MR) is 121 cm³/mol. The molecule has 0 saturated heterocycles. The van der Waals surface area contributed by atoms with Crippen LogP contribution in [0.4, 0.5) is 5.69 Å². The minimum atomic E-state index is -0.213. The Hall–Kier alpha value is -3.04. The molecule has 0 atom stereocenters. The van der Waals surface area contributed by atoms with Gasteiger partial charge in [-0.2, -0.15) is 0 Å². The maximum absolute atomic E-state index is 12.3. The normalized spacial score (nSPS) is 10.5. The van der Waals surface area contributed by atoms with Gasteiger partial charge < -0.3 is 19.9 Å². The molecule has 3 aromatic rings. The van der Waals surface area contributed by atoms with E-state index in [-0.39, 0.29) is 24.2 Å². The van der Waals surface area contributed by atoms with Crippen LogP contribution in [0.5, 0.6) is 5.75 Å². The number of halogens is 1. The van der Waals surface area contributed by atoms with E-state index < -0.39 is 0 Å². The maximum Gasteiger partial charge on any atom is 0.251 e. The number of amides is 2. The minimum Gasteiger partial charge on any atom is -0.484 e. The molecule has 162 valence electrons. The molecule has 10 heteroatoms. The molecule has 31 heavy (non-hydrogen) atoms. The van der Waals surface area contributed by atoms with Gasteiger partial charge in [-0.3, -0.25) is 9.59 Å². The molecule has 2 amide bonds. The van der Waals surface area contributed by atoms with Crippen LogP contribution in [0, 0.1) is 0 Å². The molecule has 0 aliphatic heterocycles. The van der Waals surface area contributed by atoms with Crippen molar-refractivity contribution in [2.24, 2.45) is 7.05 Å². The van der Waals surface area contributed by atoms with Crippen molar-refractivity contribution in [3.05, 3.63) is 64.9 Å². The van der Waals surface area contributed by atoms with Gasteiger partial charge in [0.25, 0.3) is 5.91 Å². The van der Waals surface area contributed by atoms with Crippen molar-refractivity contribution in [2.45, 2.75) is 18.7 Å². The SMILES string of the molecule is CCNC(=O)c1cccc(NC(=O)CSc2nnc(COc3ccccc3Cl)n2C)c1. The van der Waals surface area contributed by atoms with Gasteiger partial charge >= 0.3 is 0 Å². The summed E-state index contributed by atoms with van der Waals surface area (Å²) < 4.78 is 7.46. The van der Waals surface area contributed by atoms with Gasteiger partial charge in [0.05, 0.1) is 10.8 Å². The van der Waals surface area contributed by atoms with Crippen LogP contribution in [0.15, 0.2) is 53.7 Å². The number of para-hydroxylation sites is 1. The topological polar surface area (TPSA) is 98.1 Å². The van der Waals surface area contributed by atoms with E-state index in [1.165, 1.54) is 11.8 Å². The highest BCUT2D eigenvalue weighted by Gasteiger charge is 2.13. The Balaban J connectivity index is 1.53. The molecule has 2 N–H and O–H groups in total. The average molecular weight is 460 g/mol. The Morgan fingerprint density at radius 3 is 2.74 bits per heavy atom. The van der Waals surface area contributed by atoms with Crippen molar-refractivity contribution < 1.29 is 14.3 Å². The Morgan fingerprint density at radius 1 is 1.16 bits per heavy atom. The first-order chi connectivity index (χ1) is 15.0. The van der Waals surface area contributed by atoms with Crippen LogP contribution in [0.1, 0.15) is 23.1 Å². The third kappa shape index (κ3) is 6.22. The molecule has 0 bridgehead atoms. The lowest BCUT2D eigenvalue weighted by atomic mass is 10.2. The molecule has 0 aliphatic carbocycles. The summed E-state index contributed by atoms with van der Waals surface area (Å²) in [6.07, 6.45) is 0. The van der Waals surface area contributed by atoms with Crippen molar-refractivity contribution in [1.29, 1.82) is 0 Å².